The Morgan fingerprint density at radius 2 is 1.37 bits per heavy atom. The topological polar surface area (TPSA) is 289 Å². The summed E-state index contributed by atoms with van der Waals surface area (Å²) in [5.74, 6) is -2.32. The van der Waals surface area contributed by atoms with Crippen LogP contribution in [0.15, 0.2) is 53.0 Å². The van der Waals surface area contributed by atoms with Crippen LogP contribution in [0.1, 0.15) is 112 Å². The highest BCUT2D eigenvalue weighted by atomic mass is 32.2. The molecule has 3 rings (SSSR count). The van der Waals surface area contributed by atoms with Crippen LogP contribution in [-0.2, 0) is 79.3 Å². The lowest BCUT2D eigenvalue weighted by molar-refractivity contribution is -0.148. The molecule has 5 amide bonds. The zero-order chi connectivity index (χ0) is 68.9. The molecule has 27 heteroatoms. The molecule has 1 aliphatic heterocycles. The van der Waals surface area contributed by atoms with Crippen LogP contribution in [0, 0.1) is 23.7 Å². The van der Waals surface area contributed by atoms with E-state index in [1.165, 1.54) is 0 Å². The summed E-state index contributed by atoms with van der Waals surface area (Å²) in [6.07, 6.45) is 5.77. The van der Waals surface area contributed by atoms with Crippen LogP contribution in [0.3, 0.4) is 0 Å². The number of azide groups is 1. The molecule has 1 saturated heterocycles. The maximum atomic E-state index is 14.6. The molecule has 0 unspecified atom stereocenters. The van der Waals surface area contributed by atoms with Gasteiger partial charge in [0.1, 0.15) is 12.1 Å². The van der Waals surface area contributed by atoms with Gasteiger partial charge in [-0.1, -0.05) is 102 Å². The van der Waals surface area contributed by atoms with E-state index in [1.807, 2.05) is 90.9 Å². The van der Waals surface area contributed by atoms with E-state index in [-0.39, 0.29) is 60.1 Å². The first kappa shape index (κ1) is 82.4. The number of likely N-dealkylation sites (tertiary alicyclic amines) is 1. The number of amides is 5. The number of hydrogen-bond donors (Lipinski definition) is 3. The minimum absolute atomic E-state index is 0.0180. The molecule has 0 aliphatic carbocycles. The largest absolute Gasteiger partial charge is 0.412 e. The van der Waals surface area contributed by atoms with Gasteiger partial charge in [0, 0.05) is 75.6 Å². The highest BCUT2D eigenvalue weighted by Gasteiger charge is 2.44. The third-order valence-electron chi connectivity index (χ3n) is 16.4. The van der Waals surface area contributed by atoms with Crippen LogP contribution in [0.2, 0.25) is 13.1 Å². The summed E-state index contributed by atoms with van der Waals surface area (Å²) in [7, 11) is 6.31. The lowest BCUT2D eigenvalue weighted by Gasteiger charge is -2.41. The smallest absolute Gasteiger partial charge is 0.245 e. The van der Waals surface area contributed by atoms with Gasteiger partial charge >= 0.3 is 0 Å². The van der Waals surface area contributed by atoms with Gasteiger partial charge in [-0.2, -0.15) is 0 Å². The van der Waals surface area contributed by atoms with Crippen molar-refractivity contribution in [2.24, 2.45) is 28.8 Å². The fourth-order valence-electron chi connectivity index (χ4n) is 11.6. The summed E-state index contributed by atoms with van der Waals surface area (Å²) in [5, 5.41) is 14.0. The lowest BCUT2D eigenvalue weighted by atomic mass is 9.89. The Kier molecular flexibility index (Phi) is 39.7. The highest BCUT2D eigenvalue weighted by Crippen LogP contribution is 2.31. The number of carbonyl (C=O) groups is 5. The summed E-state index contributed by atoms with van der Waals surface area (Å²) in [4.78, 5) is 88.4. The Morgan fingerprint density at radius 3 is 1.89 bits per heavy atom. The molecule has 0 radical (unpaired) electrons. The molecule has 1 aromatic heterocycles. The monoisotopic (exact) mass is 1350 g/mol. The molecule has 1 aliphatic rings. The molecular formula is C66H115N11O14SSi. The first-order valence-corrected chi connectivity index (χ1v) is 37.2. The Hall–Kier alpha value is -4.87. The third kappa shape index (κ3) is 30.8. The van der Waals surface area contributed by atoms with Gasteiger partial charge in [-0.15, -0.1) is 0 Å². The number of rotatable bonds is 50. The zero-order valence-electron chi connectivity index (χ0n) is 58.9. The average Bonchev–Trinajstić information content (AvgIpc) is 1.81. The number of methoxy groups -OCH3 is 2. The summed E-state index contributed by atoms with van der Waals surface area (Å²) >= 11 is 1.57. The van der Waals surface area contributed by atoms with E-state index >= 15 is 0 Å². The summed E-state index contributed by atoms with van der Waals surface area (Å²) < 4.78 is 52.1. The normalized spacial score (nSPS) is 16.3. The highest BCUT2D eigenvalue weighted by molar-refractivity contribution is 8.00. The number of benzene rings is 1. The molecule has 1 fully saturated rings. The van der Waals surface area contributed by atoms with Crippen molar-refractivity contribution in [2.75, 3.05) is 133 Å². The number of ether oxygens (including phenoxy) is 8. The van der Waals surface area contributed by atoms with Crippen LogP contribution in [-0.4, -0.2) is 244 Å². The maximum absolute atomic E-state index is 14.6. The van der Waals surface area contributed by atoms with E-state index in [0.717, 1.165) is 16.5 Å². The summed E-state index contributed by atoms with van der Waals surface area (Å²) in [6, 6.07) is 6.52. The number of nitrogens with zero attached hydrogens (tertiary/aromatic N) is 8. The van der Waals surface area contributed by atoms with Crippen molar-refractivity contribution in [3.63, 3.8) is 0 Å². The Bertz CT molecular complexity index is 2500. The number of thioether (sulfide) groups is 1. The van der Waals surface area contributed by atoms with Crippen molar-refractivity contribution >= 4 is 49.6 Å². The minimum Gasteiger partial charge on any atom is -0.412 e. The van der Waals surface area contributed by atoms with Crippen molar-refractivity contribution in [2.45, 2.75) is 180 Å². The van der Waals surface area contributed by atoms with Crippen LogP contribution in [0.4, 0.5) is 0 Å². The third-order valence-corrected chi connectivity index (χ3v) is 21.4. The van der Waals surface area contributed by atoms with Crippen molar-refractivity contribution < 1.29 is 66.3 Å². The predicted octanol–water partition coefficient (Wildman–Crippen LogP) is 7.29. The SMILES string of the molecule is CC[C@H](C)[C@@H]([C@@H](CC(=O)N1CCC[C@H]1[C@H](OC)[C@@H](C)C(=O)N[C@@H](Cc1ccccc1)C(=O)NCCCC(C)(C)O[Si](C)(C)CSc1ncc(COCCOCCOCCOCCOCCOCCN=[N+]=[N-])cn1)OC)N(C)C(=O)[C@@H](NC(=O)[C@H](C(C)C)N(C)C)C(C)C. The second-order valence-corrected chi connectivity index (χ2v) is 31.5. The van der Waals surface area contributed by atoms with Crippen LogP contribution < -0.4 is 16.0 Å². The molecule has 2 aromatic rings. The van der Waals surface area contributed by atoms with Crippen molar-refractivity contribution in [1.29, 1.82) is 0 Å². The number of carbonyl (C=O) groups excluding carboxylic acids is 5. The van der Waals surface area contributed by atoms with E-state index in [9.17, 15) is 24.0 Å². The molecule has 0 bridgehead atoms. The molecule has 3 N–H and O–H groups in total. The van der Waals surface area contributed by atoms with Gasteiger partial charge in [-0.05, 0) is 95.6 Å². The molecule has 2 heterocycles. The van der Waals surface area contributed by atoms with Gasteiger partial charge in [-0.3, -0.25) is 28.9 Å². The minimum atomic E-state index is -2.23. The molecule has 9 atom stereocenters. The predicted molar refractivity (Wildman–Crippen MR) is 363 cm³/mol. The molecule has 25 nitrogen and oxygen atoms in total. The van der Waals surface area contributed by atoms with E-state index < -0.39 is 62.3 Å². The fourth-order valence-corrected chi connectivity index (χ4v) is 15.6. The van der Waals surface area contributed by atoms with E-state index in [0.29, 0.717) is 136 Å². The molecule has 528 valence electrons. The molecule has 0 spiro atoms. The van der Waals surface area contributed by atoms with E-state index in [2.05, 4.69) is 62.9 Å². The van der Waals surface area contributed by atoms with Gasteiger partial charge < -0.3 is 68.1 Å². The number of aromatic nitrogens is 2. The van der Waals surface area contributed by atoms with Gasteiger partial charge in [0.25, 0.3) is 0 Å². The zero-order valence-corrected chi connectivity index (χ0v) is 60.7. The van der Waals surface area contributed by atoms with Crippen LogP contribution in [0.5, 0.6) is 0 Å². The number of nitrogens with one attached hydrogen (secondary N) is 3. The van der Waals surface area contributed by atoms with Crippen molar-refractivity contribution in [1.82, 2.24) is 40.6 Å². The maximum Gasteiger partial charge on any atom is 0.245 e. The van der Waals surface area contributed by atoms with Gasteiger partial charge in [0.05, 0.1) is 128 Å². The van der Waals surface area contributed by atoms with Crippen molar-refractivity contribution in [3.05, 3.63) is 64.3 Å². The molecule has 0 saturated carbocycles. The second kappa shape index (κ2) is 44.8. The summed E-state index contributed by atoms with van der Waals surface area (Å²) in [6.45, 7) is 28.4. The second-order valence-electron chi connectivity index (χ2n) is 26.0. The first-order valence-electron chi connectivity index (χ1n) is 33.1. The average molecular weight is 1350 g/mol. The number of hydrogen-bond acceptors (Lipinski definition) is 19. The van der Waals surface area contributed by atoms with Gasteiger partial charge in [-0.25, -0.2) is 9.97 Å². The molecular weight excluding hydrogens is 1230 g/mol. The summed E-state index contributed by atoms with van der Waals surface area (Å²) in [5.41, 5.74) is 9.50. The van der Waals surface area contributed by atoms with Crippen molar-refractivity contribution in [3.8, 4) is 0 Å². The standard InChI is InChI=1S/C66H115N11O14SSi/c1-17-49(6)59(76(12)64(82)57(47(2)3)73-63(81)58(48(4)5)75(10)11)55(83-13)42-56(78)77-29-21-25-54(77)60(84-14)50(7)61(79)72-53(41-51-23-19-18-20-24-51)62(80)68-27-22-26-66(8,9)91-93(15,16)46-92-65-69-43-52(44-70-65)45-90-40-39-89-38-37-88-36-35-87-34-33-86-32-31-85-30-28-71-74-67/h18-20,23-24,43-44,47-50,53-55,57-60H,17,21-22,25-42,45-46H2,1-16H3,(H,68,80)(H,72,79)(H,73,81)/t49-,50+,53-,54-,55+,57-,58-,59-,60+/m0/s1. The Balaban J connectivity index is 1.49. The van der Waals surface area contributed by atoms with Crippen LogP contribution >= 0.6 is 11.8 Å². The fraction of sp³-hybridized carbons (Fsp3) is 0.773. The molecule has 1 aromatic carbocycles. The first-order chi connectivity index (χ1) is 44.3. The molecule has 93 heavy (non-hydrogen) atoms. The van der Waals surface area contributed by atoms with Crippen LogP contribution in [0.25, 0.3) is 10.4 Å². The lowest BCUT2D eigenvalue weighted by Crippen LogP contribution is -2.59. The Labute approximate surface area is 560 Å². The number of likely N-dealkylation sites (N-methyl/N-ethyl adjacent to an activating group) is 2. The quantitative estimate of drug-likeness (QED) is 0.0111. The Morgan fingerprint density at radius 1 is 0.785 bits per heavy atom. The van der Waals surface area contributed by atoms with E-state index in [1.54, 1.807) is 62.1 Å². The van der Waals surface area contributed by atoms with Gasteiger partial charge in [0.15, 0.2) is 13.5 Å². The van der Waals surface area contributed by atoms with Gasteiger partial charge in [0.2, 0.25) is 29.5 Å². The van der Waals surface area contributed by atoms with E-state index in [4.69, 9.17) is 47.9 Å².